The Labute approximate surface area is 234 Å². The highest BCUT2D eigenvalue weighted by atomic mass is 35.5. The summed E-state index contributed by atoms with van der Waals surface area (Å²) in [5, 5.41) is 0.597. The molecule has 8 heteroatoms. The van der Waals surface area contributed by atoms with Gasteiger partial charge in [0.15, 0.2) is 0 Å². The summed E-state index contributed by atoms with van der Waals surface area (Å²) < 4.78 is 10.6. The molecule has 0 radical (unpaired) electrons. The third-order valence-corrected chi connectivity index (χ3v) is 7.23. The number of carbonyl (C=O) groups excluding carboxylic acids is 3. The molecule has 3 aromatic rings. The summed E-state index contributed by atoms with van der Waals surface area (Å²) in [5.41, 5.74) is 2.14. The van der Waals surface area contributed by atoms with E-state index in [1.807, 2.05) is 43.3 Å². The van der Waals surface area contributed by atoms with Gasteiger partial charge in [-0.25, -0.2) is 0 Å². The van der Waals surface area contributed by atoms with E-state index < -0.39 is 5.41 Å². The molecular formula is C31H33ClN2O5. The number of fused-ring (bicyclic) bond motifs is 1. The molecule has 1 aliphatic rings. The number of halogens is 1. The lowest BCUT2D eigenvalue weighted by Crippen LogP contribution is -2.47. The van der Waals surface area contributed by atoms with E-state index in [4.69, 9.17) is 21.1 Å². The van der Waals surface area contributed by atoms with Gasteiger partial charge in [-0.3, -0.25) is 14.4 Å². The minimum Gasteiger partial charge on any atom is -0.492 e. The van der Waals surface area contributed by atoms with Crippen LogP contribution < -0.4 is 14.5 Å². The Morgan fingerprint density at radius 2 is 1.64 bits per heavy atom. The Hall–Kier alpha value is -3.84. The quantitative estimate of drug-likeness (QED) is 0.317. The van der Waals surface area contributed by atoms with Crippen LogP contribution in [0, 0.1) is 5.41 Å². The minimum atomic E-state index is -0.799. The Balaban J connectivity index is 1.59. The van der Waals surface area contributed by atoms with Gasteiger partial charge < -0.3 is 19.3 Å². The number of rotatable bonds is 7. The van der Waals surface area contributed by atoms with Crippen LogP contribution in [-0.2, 0) is 14.3 Å². The van der Waals surface area contributed by atoms with Crippen molar-refractivity contribution < 1.29 is 23.9 Å². The first-order chi connectivity index (χ1) is 18.5. The van der Waals surface area contributed by atoms with E-state index >= 15 is 0 Å². The third-order valence-electron chi connectivity index (χ3n) is 6.97. The van der Waals surface area contributed by atoms with Crippen LogP contribution in [0.2, 0.25) is 5.02 Å². The molecule has 0 saturated carbocycles. The zero-order chi connectivity index (χ0) is 28.3. The number of hydrogen-bond acceptors (Lipinski definition) is 5. The molecule has 3 aromatic carbocycles. The molecule has 0 aromatic heterocycles. The molecule has 0 unspecified atom stereocenters. The van der Waals surface area contributed by atoms with Crippen LogP contribution in [-0.4, -0.2) is 37.5 Å². The molecule has 0 saturated heterocycles. The van der Waals surface area contributed by atoms with Crippen LogP contribution in [0.1, 0.15) is 56.1 Å². The molecule has 0 N–H and O–H groups in total. The predicted octanol–water partition coefficient (Wildman–Crippen LogP) is 6.45. The molecule has 39 heavy (non-hydrogen) atoms. The second kappa shape index (κ2) is 11.5. The van der Waals surface area contributed by atoms with Gasteiger partial charge in [-0.05, 0) is 87.4 Å². The molecular weight excluding hydrogens is 516 g/mol. The number of para-hydroxylation sites is 1. The zero-order valence-electron chi connectivity index (χ0n) is 22.8. The lowest BCUT2D eigenvalue weighted by atomic mass is 9.89. The summed E-state index contributed by atoms with van der Waals surface area (Å²) >= 11 is 6.09. The first-order valence-corrected chi connectivity index (χ1v) is 13.2. The maximum absolute atomic E-state index is 13.8. The lowest BCUT2D eigenvalue weighted by molar-refractivity contribution is -0.152. The number of amides is 2. The van der Waals surface area contributed by atoms with Gasteiger partial charge in [0.1, 0.15) is 12.4 Å². The topological polar surface area (TPSA) is 76.2 Å². The first-order valence-electron chi connectivity index (χ1n) is 12.8. The van der Waals surface area contributed by atoms with Gasteiger partial charge in [-0.15, -0.1) is 0 Å². The average molecular weight is 549 g/mol. The van der Waals surface area contributed by atoms with Crippen LogP contribution in [0.25, 0.3) is 0 Å². The van der Waals surface area contributed by atoms with Crippen molar-refractivity contribution in [1.29, 1.82) is 0 Å². The monoisotopic (exact) mass is 548 g/mol. The summed E-state index contributed by atoms with van der Waals surface area (Å²) in [4.78, 5) is 42.1. The smallest absolute Gasteiger partial charge is 0.314 e. The number of methoxy groups -OCH3 is 1. The standard InChI is InChI=1S/C31H33ClN2O5/c1-20-18-28(34(21(2)35)24-14-12-23(32)13-15-24)26-8-6-7-9-27(26)33(20)29(36)22-10-16-25(17-11-22)39-19-31(3,4)30(37)38-5/h6-17,20,28H,18-19H2,1-5H3/t20-,28+/m1/s1. The number of benzene rings is 3. The van der Waals surface area contributed by atoms with E-state index in [2.05, 4.69) is 0 Å². The normalized spacial score (nSPS) is 16.7. The molecule has 204 valence electrons. The second-order valence-electron chi connectivity index (χ2n) is 10.4. The van der Waals surface area contributed by atoms with Crippen molar-refractivity contribution in [2.45, 2.75) is 46.2 Å². The van der Waals surface area contributed by atoms with E-state index in [9.17, 15) is 14.4 Å². The SMILES string of the molecule is COC(=O)C(C)(C)COc1ccc(C(=O)N2c3ccccc3[C@@H](N(C(C)=O)c3ccc(Cl)cc3)C[C@H]2C)cc1. The fourth-order valence-corrected chi connectivity index (χ4v) is 5.08. The maximum Gasteiger partial charge on any atom is 0.314 e. The van der Waals surface area contributed by atoms with E-state index in [0.717, 1.165) is 16.9 Å². The largest absolute Gasteiger partial charge is 0.492 e. The molecule has 2 atom stereocenters. The van der Waals surface area contributed by atoms with Crippen LogP contribution in [0.4, 0.5) is 11.4 Å². The molecule has 1 heterocycles. The Morgan fingerprint density at radius 1 is 1.00 bits per heavy atom. The molecule has 0 fully saturated rings. The fraction of sp³-hybridized carbons (Fsp3) is 0.323. The number of ether oxygens (including phenoxy) is 2. The molecule has 1 aliphatic heterocycles. The number of nitrogens with zero attached hydrogens (tertiary/aromatic N) is 2. The van der Waals surface area contributed by atoms with Gasteiger partial charge in [0, 0.05) is 34.9 Å². The molecule has 0 aliphatic carbocycles. The van der Waals surface area contributed by atoms with Crippen LogP contribution in [0.3, 0.4) is 0 Å². The van der Waals surface area contributed by atoms with Gasteiger partial charge in [0.2, 0.25) is 5.91 Å². The van der Waals surface area contributed by atoms with Gasteiger partial charge in [-0.2, -0.15) is 0 Å². The second-order valence-corrected chi connectivity index (χ2v) is 10.8. The highest BCUT2D eigenvalue weighted by molar-refractivity contribution is 6.30. The summed E-state index contributed by atoms with van der Waals surface area (Å²) in [6, 6.07) is 21.4. The van der Waals surface area contributed by atoms with Crippen molar-refractivity contribution in [1.82, 2.24) is 0 Å². The molecule has 0 bridgehead atoms. The van der Waals surface area contributed by atoms with E-state index in [0.29, 0.717) is 22.8 Å². The lowest BCUT2D eigenvalue weighted by Gasteiger charge is -2.43. The van der Waals surface area contributed by atoms with E-state index in [-0.39, 0.29) is 36.5 Å². The highest BCUT2D eigenvalue weighted by Crippen LogP contribution is 2.43. The van der Waals surface area contributed by atoms with Crippen LogP contribution in [0.5, 0.6) is 5.75 Å². The van der Waals surface area contributed by atoms with Crippen molar-refractivity contribution in [3.8, 4) is 5.75 Å². The molecule has 4 rings (SSSR count). The van der Waals surface area contributed by atoms with Crippen LogP contribution >= 0.6 is 11.6 Å². The zero-order valence-corrected chi connectivity index (χ0v) is 23.6. The fourth-order valence-electron chi connectivity index (χ4n) is 4.95. The molecule has 7 nitrogen and oxygen atoms in total. The number of esters is 1. The van der Waals surface area contributed by atoms with Crippen molar-refractivity contribution in [3.63, 3.8) is 0 Å². The Kier molecular flexibility index (Phi) is 8.31. The van der Waals surface area contributed by atoms with Gasteiger partial charge in [0.25, 0.3) is 5.91 Å². The summed E-state index contributed by atoms with van der Waals surface area (Å²) in [6.45, 7) is 7.19. The van der Waals surface area contributed by atoms with E-state index in [1.165, 1.54) is 7.11 Å². The van der Waals surface area contributed by atoms with Crippen molar-refractivity contribution in [3.05, 3.63) is 88.9 Å². The maximum atomic E-state index is 13.8. The van der Waals surface area contributed by atoms with Gasteiger partial charge in [0.05, 0.1) is 18.6 Å². The predicted molar refractivity (Wildman–Crippen MR) is 152 cm³/mol. The number of anilines is 2. The van der Waals surface area contributed by atoms with Gasteiger partial charge in [-0.1, -0.05) is 29.8 Å². The first kappa shape index (κ1) is 28.2. The van der Waals surface area contributed by atoms with Gasteiger partial charge >= 0.3 is 5.97 Å². The number of hydrogen-bond donors (Lipinski definition) is 0. The third kappa shape index (κ3) is 5.93. The van der Waals surface area contributed by atoms with E-state index in [1.54, 1.807) is 67.0 Å². The number of carbonyl (C=O) groups is 3. The summed E-state index contributed by atoms with van der Waals surface area (Å²) in [6.07, 6.45) is 0.564. The Morgan fingerprint density at radius 3 is 2.26 bits per heavy atom. The minimum absolute atomic E-state index is 0.0879. The van der Waals surface area contributed by atoms with Crippen LogP contribution in [0.15, 0.2) is 72.8 Å². The summed E-state index contributed by atoms with van der Waals surface area (Å²) in [5.74, 6) is -0.0359. The highest BCUT2D eigenvalue weighted by Gasteiger charge is 2.38. The van der Waals surface area contributed by atoms with Crippen molar-refractivity contribution in [2.24, 2.45) is 5.41 Å². The average Bonchev–Trinajstić information content (AvgIpc) is 2.92. The van der Waals surface area contributed by atoms with Crippen molar-refractivity contribution in [2.75, 3.05) is 23.5 Å². The molecule has 2 amide bonds. The van der Waals surface area contributed by atoms with Crippen molar-refractivity contribution >= 4 is 40.8 Å². The Bertz CT molecular complexity index is 1350. The summed E-state index contributed by atoms with van der Waals surface area (Å²) in [7, 11) is 1.35. The molecule has 0 spiro atoms.